The molecule has 0 heterocycles. The summed E-state index contributed by atoms with van der Waals surface area (Å²) in [6, 6.07) is 21.0. The summed E-state index contributed by atoms with van der Waals surface area (Å²) < 4.78 is 10.8. The van der Waals surface area contributed by atoms with Gasteiger partial charge in [0.05, 0.1) is 0 Å². The average Bonchev–Trinajstić information content (AvgIpc) is 2.70. The minimum atomic E-state index is -1.37. The van der Waals surface area contributed by atoms with E-state index in [0.717, 1.165) is 11.1 Å². The molecule has 144 valence electrons. The van der Waals surface area contributed by atoms with Crippen molar-refractivity contribution in [1.82, 2.24) is 0 Å². The summed E-state index contributed by atoms with van der Waals surface area (Å²) in [5, 5.41) is 11.4. The molecule has 0 saturated carbocycles. The molecule has 3 aromatic carbocycles. The lowest BCUT2D eigenvalue weighted by Crippen LogP contribution is -2.15. The predicted octanol–water partition coefficient (Wildman–Crippen LogP) is 5.35. The van der Waals surface area contributed by atoms with Crippen molar-refractivity contribution in [3.8, 4) is 5.75 Å². The molecule has 0 aliphatic rings. The average molecular weight is 417 g/mol. The van der Waals surface area contributed by atoms with Gasteiger partial charge in [-0.2, -0.15) is 0 Å². The second-order valence-electron chi connectivity index (χ2n) is 6.13. The van der Waals surface area contributed by atoms with Crippen molar-refractivity contribution in [3.63, 3.8) is 0 Å². The van der Waals surface area contributed by atoms with Gasteiger partial charge in [0.1, 0.15) is 19.0 Å². The van der Waals surface area contributed by atoms with Crippen LogP contribution in [0.5, 0.6) is 5.75 Å². The number of hydrogen-bond donors (Lipinski definition) is 1. The van der Waals surface area contributed by atoms with E-state index in [9.17, 15) is 9.90 Å². The number of benzene rings is 3. The molecule has 0 aliphatic carbocycles. The molecule has 1 atom stereocenters. The zero-order valence-corrected chi connectivity index (χ0v) is 16.4. The third-order valence-electron chi connectivity index (χ3n) is 3.98. The molecule has 0 aromatic heterocycles. The lowest BCUT2D eigenvalue weighted by molar-refractivity contribution is -0.155. The van der Waals surface area contributed by atoms with Crippen molar-refractivity contribution in [2.24, 2.45) is 0 Å². The molecule has 0 saturated heterocycles. The van der Waals surface area contributed by atoms with Crippen LogP contribution in [0.15, 0.2) is 72.8 Å². The molecule has 1 unspecified atom stereocenters. The molecule has 6 heteroatoms. The van der Waals surface area contributed by atoms with Gasteiger partial charge in [-0.1, -0.05) is 59.6 Å². The highest BCUT2D eigenvalue weighted by atomic mass is 35.5. The van der Waals surface area contributed by atoms with Crippen LogP contribution in [0.2, 0.25) is 10.0 Å². The summed E-state index contributed by atoms with van der Waals surface area (Å²) in [6.45, 7) is 0.404. The first-order valence-corrected chi connectivity index (χ1v) is 9.33. The summed E-state index contributed by atoms with van der Waals surface area (Å²) in [5.74, 6) is -0.115. The largest absolute Gasteiger partial charge is 0.489 e. The normalized spacial score (nSPS) is 11.7. The molecule has 0 amide bonds. The van der Waals surface area contributed by atoms with Crippen LogP contribution in [-0.4, -0.2) is 11.1 Å². The Bertz CT molecular complexity index is 941. The summed E-state index contributed by atoms with van der Waals surface area (Å²) in [4.78, 5) is 12.1. The van der Waals surface area contributed by atoms with Gasteiger partial charge in [0, 0.05) is 10.0 Å². The van der Waals surface area contributed by atoms with Crippen LogP contribution in [0.3, 0.4) is 0 Å². The van der Waals surface area contributed by atoms with E-state index >= 15 is 0 Å². The number of rotatable bonds is 7. The van der Waals surface area contributed by atoms with Gasteiger partial charge in [0.25, 0.3) is 0 Å². The third-order valence-corrected chi connectivity index (χ3v) is 4.45. The van der Waals surface area contributed by atoms with Crippen LogP contribution in [0.25, 0.3) is 0 Å². The number of hydrogen-bond acceptors (Lipinski definition) is 4. The van der Waals surface area contributed by atoms with E-state index in [-0.39, 0.29) is 6.61 Å². The van der Waals surface area contributed by atoms with Gasteiger partial charge in [-0.25, -0.2) is 4.79 Å². The number of carbonyl (C=O) groups excluding carboxylic acids is 1. The van der Waals surface area contributed by atoms with Crippen LogP contribution in [0, 0.1) is 0 Å². The zero-order chi connectivity index (χ0) is 19.9. The number of aliphatic hydroxyl groups is 1. The molecular formula is C22H18Cl2O4. The Labute approximate surface area is 173 Å². The van der Waals surface area contributed by atoms with Crippen LogP contribution in [0.4, 0.5) is 0 Å². The van der Waals surface area contributed by atoms with E-state index < -0.39 is 12.1 Å². The van der Waals surface area contributed by atoms with Crippen LogP contribution in [-0.2, 0) is 22.7 Å². The van der Waals surface area contributed by atoms with Crippen LogP contribution < -0.4 is 4.74 Å². The quantitative estimate of drug-likeness (QED) is 0.527. The third kappa shape index (κ3) is 5.73. The van der Waals surface area contributed by atoms with Crippen molar-refractivity contribution in [2.75, 3.05) is 0 Å². The Balaban J connectivity index is 1.53. The Morgan fingerprint density at radius 1 is 0.857 bits per heavy atom. The van der Waals surface area contributed by atoms with Gasteiger partial charge in [-0.05, 0) is 53.1 Å². The van der Waals surface area contributed by atoms with Crippen molar-refractivity contribution in [3.05, 3.63) is 99.5 Å². The maximum Gasteiger partial charge on any atom is 0.339 e. The number of halogens is 2. The fraction of sp³-hybridized carbons (Fsp3) is 0.136. The van der Waals surface area contributed by atoms with Gasteiger partial charge in [0.15, 0.2) is 6.10 Å². The Kier molecular flexibility index (Phi) is 6.93. The molecule has 4 nitrogen and oxygen atoms in total. The smallest absolute Gasteiger partial charge is 0.339 e. The lowest BCUT2D eigenvalue weighted by Gasteiger charge is -2.12. The van der Waals surface area contributed by atoms with Crippen LogP contribution in [0.1, 0.15) is 22.8 Å². The van der Waals surface area contributed by atoms with E-state index in [0.29, 0.717) is 28.0 Å². The molecule has 0 spiro atoms. The van der Waals surface area contributed by atoms with E-state index in [2.05, 4.69) is 0 Å². The number of esters is 1. The first-order valence-electron chi connectivity index (χ1n) is 8.57. The molecular weight excluding hydrogens is 399 g/mol. The van der Waals surface area contributed by atoms with Crippen molar-refractivity contribution in [1.29, 1.82) is 0 Å². The molecule has 3 aromatic rings. The summed E-state index contributed by atoms with van der Waals surface area (Å²) >= 11 is 11.8. The standard InChI is InChI=1S/C22H18Cl2O4/c23-18-5-1-3-15(11-18)13-27-20-9-7-17(8-10-20)21(25)22(26)28-14-16-4-2-6-19(24)12-16/h1-12,21,25H,13-14H2. The van der Waals surface area contributed by atoms with Gasteiger partial charge < -0.3 is 14.6 Å². The Morgan fingerprint density at radius 2 is 1.43 bits per heavy atom. The summed E-state index contributed by atoms with van der Waals surface area (Å²) in [6.07, 6.45) is -1.37. The molecule has 0 fully saturated rings. The minimum absolute atomic E-state index is 0.0390. The summed E-state index contributed by atoms with van der Waals surface area (Å²) in [7, 11) is 0. The van der Waals surface area contributed by atoms with Gasteiger partial charge in [-0.3, -0.25) is 0 Å². The fourth-order valence-corrected chi connectivity index (χ4v) is 2.96. The topological polar surface area (TPSA) is 55.8 Å². The highest BCUT2D eigenvalue weighted by Gasteiger charge is 2.19. The van der Waals surface area contributed by atoms with E-state index in [1.807, 2.05) is 18.2 Å². The maximum atomic E-state index is 12.1. The van der Waals surface area contributed by atoms with E-state index in [1.54, 1.807) is 54.6 Å². The monoisotopic (exact) mass is 416 g/mol. The SMILES string of the molecule is O=C(OCc1cccc(Cl)c1)C(O)c1ccc(OCc2cccc(Cl)c2)cc1. The lowest BCUT2D eigenvalue weighted by atomic mass is 10.1. The molecule has 3 rings (SSSR count). The van der Waals surface area contributed by atoms with Crippen molar-refractivity contribution >= 4 is 29.2 Å². The van der Waals surface area contributed by atoms with E-state index in [1.165, 1.54) is 0 Å². The highest BCUT2D eigenvalue weighted by Crippen LogP contribution is 2.21. The fourth-order valence-electron chi connectivity index (χ4n) is 2.54. The Morgan fingerprint density at radius 3 is 2.00 bits per heavy atom. The molecule has 0 aliphatic heterocycles. The number of aliphatic hydroxyl groups excluding tert-OH is 1. The second kappa shape index (κ2) is 9.60. The van der Waals surface area contributed by atoms with Gasteiger partial charge in [0.2, 0.25) is 0 Å². The first kappa shape index (κ1) is 20.2. The molecule has 0 radical (unpaired) electrons. The second-order valence-corrected chi connectivity index (χ2v) is 7.00. The van der Waals surface area contributed by atoms with E-state index in [4.69, 9.17) is 32.7 Å². The summed E-state index contributed by atoms with van der Waals surface area (Å²) in [5.41, 5.74) is 2.12. The highest BCUT2D eigenvalue weighted by molar-refractivity contribution is 6.30. The Hall–Kier alpha value is -2.53. The number of ether oxygens (including phenoxy) is 2. The van der Waals surface area contributed by atoms with Gasteiger partial charge >= 0.3 is 5.97 Å². The minimum Gasteiger partial charge on any atom is -0.489 e. The molecule has 0 bridgehead atoms. The maximum absolute atomic E-state index is 12.1. The molecule has 1 N–H and O–H groups in total. The zero-order valence-electron chi connectivity index (χ0n) is 14.8. The predicted molar refractivity (Wildman–Crippen MR) is 108 cm³/mol. The van der Waals surface area contributed by atoms with Crippen molar-refractivity contribution < 1.29 is 19.4 Å². The first-order chi connectivity index (χ1) is 13.5. The van der Waals surface area contributed by atoms with Gasteiger partial charge in [-0.15, -0.1) is 0 Å². The molecule has 28 heavy (non-hydrogen) atoms. The van der Waals surface area contributed by atoms with Crippen LogP contribution >= 0.6 is 23.2 Å². The number of carbonyl (C=O) groups is 1. The van der Waals surface area contributed by atoms with Crippen molar-refractivity contribution in [2.45, 2.75) is 19.3 Å².